The van der Waals surface area contributed by atoms with E-state index in [1.807, 2.05) is 25.1 Å². The molecule has 3 rings (SSSR count). The summed E-state index contributed by atoms with van der Waals surface area (Å²) >= 11 is 0. The van der Waals surface area contributed by atoms with E-state index < -0.39 is 0 Å². The highest BCUT2D eigenvalue weighted by molar-refractivity contribution is 5.96. The van der Waals surface area contributed by atoms with Gasteiger partial charge in [-0.2, -0.15) is 0 Å². The summed E-state index contributed by atoms with van der Waals surface area (Å²) < 4.78 is 0. The summed E-state index contributed by atoms with van der Waals surface area (Å²) in [5, 5.41) is 8.80. The van der Waals surface area contributed by atoms with E-state index in [1.165, 1.54) is 32.1 Å². The van der Waals surface area contributed by atoms with Crippen molar-refractivity contribution in [1.82, 2.24) is 5.32 Å². The molecule has 0 unspecified atom stereocenters. The van der Waals surface area contributed by atoms with Gasteiger partial charge in [0.2, 0.25) is 5.91 Å². The molecule has 3 N–H and O–H groups in total. The van der Waals surface area contributed by atoms with Crippen molar-refractivity contribution >= 4 is 23.3 Å². The molecule has 24 heavy (non-hydrogen) atoms. The summed E-state index contributed by atoms with van der Waals surface area (Å²) in [6.07, 6.45) is 8.25. The average Bonchev–Trinajstić information content (AvgIpc) is 3.42. The Morgan fingerprint density at radius 1 is 1.04 bits per heavy atom. The Labute approximate surface area is 143 Å². The van der Waals surface area contributed by atoms with Gasteiger partial charge in [-0.05, 0) is 56.2 Å². The third kappa shape index (κ3) is 4.73. The molecule has 3 amide bonds. The molecule has 2 fully saturated rings. The Bertz CT molecular complexity index is 605. The normalized spacial score (nSPS) is 18.0. The summed E-state index contributed by atoms with van der Waals surface area (Å²) in [5.41, 5.74) is 2.46. The lowest BCUT2D eigenvalue weighted by atomic mass is 9.89. The first-order valence-corrected chi connectivity index (χ1v) is 9.08. The molecule has 2 saturated carbocycles. The minimum absolute atomic E-state index is 0.0755. The van der Waals surface area contributed by atoms with Crippen LogP contribution >= 0.6 is 0 Å². The Kier molecular flexibility index (Phi) is 5.38. The third-order valence-electron chi connectivity index (χ3n) is 4.98. The number of hydrogen-bond donors (Lipinski definition) is 3. The van der Waals surface area contributed by atoms with Crippen LogP contribution < -0.4 is 16.0 Å². The van der Waals surface area contributed by atoms with Crippen LogP contribution in [0.4, 0.5) is 16.2 Å². The fourth-order valence-electron chi connectivity index (χ4n) is 3.22. The van der Waals surface area contributed by atoms with Gasteiger partial charge < -0.3 is 16.0 Å². The van der Waals surface area contributed by atoms with Gasteiger partial charge in [-0.15, -0.1) is 0 Å². The van der Waals surface area contributed by atoms with Crippen molar-refractivity contribution in [3.05, 3.63) is 23.8 Å². The molecule has 1 aromatic carbocycles. The molecule has 5 nitrogen and oxygen atoms in total. The van der Waals surface area contributed by atoms with E-state index in [2.05, 4.69) is 16.0 Å². The summed E-state index contributed by atoms with van der Waals surface area (Å²) in [6.45, 7) is 2.69. The van der Waals surface area contributed by atoms with E-state index in [-0.39, 0.29) is 17.9 Å². The second kappa shape index (κ2) is 7.69. The van der Waals surface area contributed by atoms with E-state index in [0.717, 1.165) is 36.3 Å². The highest BCUT2D eigenvalue weighted by Crippen LogP contribution is 2.31. The van der Waals surface area contributed by atoms with E-state index in [9.17, 15) is 9.59 Å². The van der Waals surface area contributed by atoms with E-state index in [1.54, 1.807) is 0 Å². The van der Waals surface area contributed by atoms with E-state index in [4.69, 9.17) is 0 Å². The summed E-state index contributed by atoms with van der Waals surface area (Å²) in [7, 11) is 0. The number of rotatable bonds is 5. The van der Waals surface area contributed by atoms with Gasteiger partial charge in [-0.3, -0.25) is 4.79 Å². The molecule has 1 aromatic rings. The highest BCUT2D eigenvalue weighted by Gasteiger charge is 2.29. The molecule has 2 aliphatic carbocycles. The molecule has 0 aromatic heterocycles. The summed E-state index contributed by atoms with van der Waals surface area (Å²) in [4.78, 5) is 24.0. The van der Waals surface area contributed by atoms with Crippen molar-refractivity contribution < 1.29 is 9.59 Å². The zero-order valence-electron chi connectivity index (χ0n) is 14.4. The molecule has 0 heterocycles. The lowest BCUT2D eigenvalue weighted by Gasteiger charge is -2.22. The van der Waals surface area contributed by atoms with Gasteiger partial charge in [0.25, 0.3) is 0 Å². The number of carbonyl (C=O) groups is 2. The van der Waals surface area contributed by atoms with Gasteiger partial charge in [-0.25, -0.2) is 4.79 Å². The third-order valence-corrected chi connectivity index (χ3v) is 4.98. The quantitative estimate of drug-likeness (QED) is 0.763. The fraction of sp³-hybridized carbons (Fsp3) is 0.579. The first-order chi connectivity index (χ1) is 11.6. The predicted molar refractivity (Wildman–Crippen MR) is 96.1 cm³/mol. The Balaban J connectivity index is 1.52. The van der Waals surface area contributed by atoms with Crippen LogP contribution in [-0.2, 0) is 4.79 Å². The van der Waals surface area contributed by atoms with Gasteiger partial charge in [0.1, 0.15) is 0 Å². The molecule has 130 valence electrons. The maximum absolute atomic E-state index is 12.1. The minimum Gasteiger partial charge on any atom is -0.338 e. The zero-order chi connectivity index (χ0) is 16.9. The van der Waals surface area contributed by atoms with E-state index in [0.29, 0.717) is 5.92 Å². The van der Waals surface area contributed by atoms with Crippen LogP contribution in [0.1, 0.15) is 50.5 Å². The molecule has 0 bridgehead atoms. The molecular weight excluding hydrogens is 302 g/mol. The van der Waals surface area contributed by atoms with Gasteiger partial charge >= 0.3 is 6.03 Å². The first-order valence-electron chi connectivity index (χ1n) is 9.08. The van der Waals surface area contributed by atoms with E-state index >= 15 is 0 Å². The highest BCUT2D eigenvalue weighted by atomic mass is 16.2. The van der Waals surface area contributed by atoms with Crippen LogP contribution in [0.3, 0.4) is 0 Å². The number of anilines is 2. The summed E-state index contributed by atoms with van der Waals surface area (Å²) in [6, 6.07) is 5.45. The first kappa shape index (κ1) is 16.8. The minimum atomic E-state index is -0.172. The number of aryl methyl sites for hydroxylation is 1. The van der Waals surface area contributed by atoms with Crippen LogP contribution in [0.15, 0.2) is 18.2 Å². The number of hydrogen-bond acceptors (Lipinski definition) is 2. The molecule has 0 atom stereocenters. The van der Waals surface area contributed by atoms with Crippen molar-refractivity contribution in [3.63, 3.8) is 0 Å². The second-order valence-corrected chi connectivity index (χ2v) is 7.13. The smallest absolute Gasteiger partial charge is 0.319 e. The van der Waals surface area contributed by atoms with Crippen LogP contribution in [0, 0.1) is 18.8 Å². The molecule has 0 aliphatic heterocycles. The Hall–Kier alpha value is -2.04. The van der Waals surface area contributed by atoms with Crippen LogP contribution in [0.25, 0.3) is 0 Å². The van der Waals surface area contributed by atoms with Gasteiger partial charge in [0.05, 0.1) is 0 Å². The van der Waals surface area contributed by atoms with Crippen LogP contribution in [0.5, 0.6) is 0 Å². The number of benzene rings is 1. The largest absolute Gasteiger partial charge is 0.338 e. The lowest BCUT2D eigenvalue weighted by molar-refractivity contribution is -0.117. The van der Waals surface area contributed by atoms with Crippen LogP contribution in [0.2, 0.25) is 0 Å². The van der Waals surface area contributed by atoms with Crippen molar-refractivity contribution in [2.75, 3.05) is 17.2 Å². The second-order valence-electron chi connectivity index (χ2n) is 7.13. The monoisotopic (exact) mass is 329 g/mol. The lowest BCUT2D eigenvalue weighted by Crippen LogP contribution is -2.33. The predicted octanol–water partition coefficient (Wildman–Crippen LogP) is 4.05. The number of urea groups is 1. The molecular formula is C19H27N3O2. The maximum Gasteiger partial charge on any atom is 0.319 e. The van der Waals surface area contributed by atoms with Gasteiger partial charge in [0.15, 0.2) is 0 Å². The number of carbonyl (C=O) groups excluding carboxylic acids is 2. The van der Waals surface area contributed by atoms with Crippen molar-refractivity contribution in [1.29, 1.82) is 0 Å². The molecule has 0 spiro atoms. The SMILES string of the molecule is Cc1ccc(NC(=O)C2CC2)cc1NC(=O)NCC1CCCCC1. The van der Waals surface area contributed by atoms with Crippen LogP contribution in [-0.4, -0.2) is 18.5 Å². The zero-order valence-corrected chi connectivity index (χ0v) is 14.4. The van der Waals surface area contributed by atoms with Crippen molar-refractivity contribution in [2.45, 2.75) is 51.9 Å². The van der Waals surface area contributed by atoms with Gasteiger partial charge in [-0.1, -0.05) is 25.3 Å². The van der Waals surface area contributed by atoms with Crippen molar-refractivity contribution in [2.24, 2.45) is 11.8 Å². The molecule has 0 saturated heterocycles. The van der Waals surface area contributed by atoms with Gasteiger partial charge in [0, 0.05) is 23.8 Å². The standard InChI is InChI=1S/C19H27N3O2/c1-13-7-10-16(21-18(23)15-8-9-15)11-17(13)22-19(24)20-12-14-5-3-2-4-6-14/h7,10-11,14-15H,2-6,8-9,12H2,1H3,(H,21,23)(H2,20,22,24). The topological polar surface area (TPSA) is 70.2 Å². The molecule has 0 radical (unpaired) electrons. The molecule has 5 heteroatoms. The average molecular weight is 329 g/mol. The Morgan fingerprint density at radius 3 is 2.50 bits per heavy atom. The maximum atomic E-state index is 12.1. The Morgan fingerprint density at radius 2 is 1.79 bits per heavy atom. The summed E-state index contributed by atoms with van der Waals surface area (Å²) in [5.74, 6) is 0.850. The number of amides is 3. The molecule has 2 aliphatic rings. The fourth-order valence-corrected chi connectivity index (χ4v) is 3.22. The van der Waals surface area contributed by atoms with Crippen molar-refractivity contribution in [3.8, 4) is 0 Å². The number of nitrogens with one attached hydrogen (secondary N) is 3.